The second kappa shape index (κ2) is 7.69. The zero-order valence-corrected chi connectivity index (χ0v) is 16.8. The van der Waals surface area contributed by atoms with E-state index in [1.54, 1.807) is 0 Å². The van der Waals surface area contributed by atoms with Gasteiger partial charge in [0, 0.05) is 30.7 Å². The number of carbonyl (C=O) groups excluding carboxylic acids is 1. The van der Waals surface area contributed by atoms with Crippen LogP contribution >= 0.6 is 0 Å². The quantitative estimate of drug-likeness (QED) is 0.894. The SMILES string of the molecule is C[C@@H]1CCCN(C[C@@H](O)c2ccc3c(c2)CCCN3C(=O)C(C)(C)C)C1. The zero-order valence-electron chi connectivity index (χ0n) is 16.8. The number of fused-ring (bicyclic) bond motifs is 1. The molecule has 0 spiro atoms. The van der Waals surface area contributed by atoms with Crippen molar-refractivity contribution < 1.29 is 9.90 Å². The smallest absolute Gasteiger partial charge is 0.232 e. The molecule has 0 bridgehead atoms. The highest BCUT2D eigenvalue weighted by Gasteiger charge is 2.31. The number of β-amino-alcohol motifs (C(OH)–C–C–N with tert-alkyl or cyclic N) is 1. The number of piperidine rings is 1. The molecule has 2 aliphatic rings. The van der Waals surface area contributed by atoms with E-state index in [0.29, 0.717) is 6.54 Å². The summed E-state index contributed by atoms with van der Waals surface area (Å²) in [5.41, 5.74) is 2.82. The van der Waals surface area contributed by atoms with Gasteiger partial charge in [0.2, 0.25) is 5.91 Å². The van der Waals surface area contributed by atoms with E-state index in [9.17, 15) is 9.90 Å². The van der Waals surface area contributed by atoms with Crippen LogP contribution in [0.4, 0.5) is 5.69 Å². The fourth-order valence-electron chi connectivity index (χ4n) is 4.24. The molecule has 1 fully saturated rings. The lowest BCUT2D eigenvalue weighted by molar-refractivity contribution is -0.125. The van der Waals surface area contributed by atoms with Gasteiger partial charge in [0.05, 0.1) is 6.10 Å². The third kappa shape index (κ3) is 4.29. The highest BCUT2D eigenvalue weighted by molar-refractivity contribution is 5.98. The van der Waals surface area contributed by atoms with E-state index in [1.807, 2.05) is 37.8 Å². The van der Waals surface area contributed by atoms with Crippen molar-refractivity contribution >= 4 is 11.6 Å². The Labute approximate surface area is 158 Å². The molecule has 4 heteroatoms. The molecule has 144 valence electrons. The number of aliphatic hydroxyl groups excluding tert-OH is 1. The Morgan fingerprint density at radius 2 is 2.04 bits per heavy atom. The molecule has 1 aromatic rings. The molecule has 4 nitrogen and oxygen atoms in total. The Morgan fingerprint density at radius 1 is 1.27 bits per heavy atom. The van der Waals surface area contributed by atoms with E-state index in [-0.39, 0.29) is 11.3 Å². The lowest BCUT2D eigenvalue weighted by atomic mass is 9.91. The number of likely N-dealkylation sites (tertiary alicyclic amines) is 1. The number of benzene rings is 1. The van der Waals surface area contributed by atoms with Crippen molar-refractivity contribution in [3.63, 3.8) is 0 Å². The normalized spacial score (nSPS) is 22.8. The van der Waals surface area contributed by atoms with Crippen LogP contribution in [0.25, 0.3) is 0 Å². The topological polar surface area (TPSA) is 43.8 Å². The standard InChI is InChI=1S/C22H34N2O2/c1-16-7-5-11-23(14-16)15-20(25)18-9-10-19-17(13-18)8-6-12-24(19)21(26)22(2,3)4/h9-10,13,16,20,25H,5-8,11-12,14-15H2,1-4H3/t16-,20-/m1/s1. The molecular formula is C22H34N2O2. The number of anilines is 1. The monoisotopic (exact) mass is 358 g/mol. The minimum atomic E-state index is -0.459. The van der Waals surface area contributed by atoms with Gasteiger partial charge in [0.25, 0.3) is 0 Å². The van der Waals surface area contributed by atoms with Crippen LogP contribution in [0, 0.1) is 11.3 Å². The molecule has 26 heavy (non-hydrogen) atoms. The maximum Gasteiger partial charge on any atom is 0.232 e. The molecule has 2 atom stereocenters. The first-order valence-electron chi connectivity index (χ1n) is 10.1. The Bertz CT molecular complexity index is 650. The number of rotatable bonds is 3. The maximum atomic E-state index is 12.8. The number of carbonyl (C=O) groups is 1. The van der Waals surface area contributed by atoms with E-state index in [0.717, 1.165) is 49.6 Å². The first-order chi connectivity index (χ1) is 12.3. The highest BCUT2D eigenvalue weighted by atomic mass is 16.3. The van der Waals surface area contributed by atoms with Gasteiger partial charge >= 0.3 is 0 Å². The lowest BCUT2D eigenvalue weighted by Gasteiger charge is -2.35. The fourth-order valence-corrected chi connectivity index (χ4v) is 4.24. The van der Waals surface area contributed by atoms with Gasteiger partial charge in [0.15, 0.2) is 0 Å². The van der Waals surface area contributed by atoms with E-state index in [2.05, 4.69) is 17.9 Å². The number of aryl methyl sites for hydroxylation is 1. The molecule has 1 aromatic carbocycles. The summed E-state index contributed by atoms with van der Waals surface area (Å²) in [6.45, 7) is 11.9. The summed E-state index contributed by atoms with van der Waals surface area (Å²) in [7, 11) is 0. The molecule has 0 saturated carbocycles. The van der Waals surface area contributed by atoms with Crippen molar-refractivity contribution in [3.8, 4) is 0 Å². The Hall–Kier alpha value is -1.39. The first-order valence-corrected chi connectivity index (χ1v) is 10.1. The van der Waals surface area contributed by atoms with Gasteiger partial charge in [-0.05, 0) is 55.3 Å². The largest absolute Gasteiger partial charge is 0.387 e. The van der Waals surface area contributed by atoms with Gasteiger partial charge in [-0.1, -0.05) is 39.8 Å². The van der Waals surface area contributed by atoms with Gasteiger partial charge in [-0.3, -0.25) is 4.79 Å². The van der Waals surface area contributed by atoms with Crippen molar-refractivity contribution in [2.24, 2.45) is 11.3 Å². The van der Waals surface area contributed by atoms with Gasteiger partial charge in [-0.15, -0.1) is 0 Å². The number of nitrogens with zero attached hydrogens (tertiary/aromatic N) is 2. The van der Waals surface area contributed by atoms with Gasteiger partial charge < -0.3 is 14.9 Å². The molecule has 2 heterocycles. The first kappa shape index (κ1) is 19.4. The molecule has 1 amide bonds. The second-order valence-electron chi connectivity index (χ2n) is 9.22. The van der Waals surface area contributed by atoms with Crippen molar-refractivity contribution in [3.05, 3.63) is 29.3 Å². The van der Waals surface area contributed by atoms with Crippen molar-refractivity contribution in [2.45, 2.75) is 59.5 Å². The minimum absolute atomic E-state index is 0.175. The Balaban J connectivity index is 1.74. The number of amides is 1. The summed E-state index contributed by atoms with van der Waals surface area (Å²) in [6, 6.07) is 6.16. The highest BCUT2D eigenvalue weighted by Crippen LogP contribution is 2.33. The van der Waals surface area contributed by atoms with E-state index in [4.69, 9.17) is 0 Å². The zero-order chi connectivity index (χ0) is 18.9. The molecule has 0 unspecified atom stereocenters. The van der Waals surface area contributed by atoms with Gasteiger partial charge in [-0.25, -0.2) is 0 Å². The third-order valence-electron chi connectivity index (χ3n) is 5.67. The average Bonchev–Trinajstić information content (AvgIpc) is 2.59. The summed E-state index contributed by atoms with van der Waals surface area (Å²) in [6.07, 6.45) is 4.02. The second-order valence-corrected chi connectivity index (χ2v) is 9.22. The molecule has 0 aromatic heterocycles. The molecule has 1 N–H and O–H groups in total. The summed E-state index contributed by atoms with van der Waals surface area (Å²) in [5.74, 6) is 0.894. The summed E-state index contributed by atoms with van der Waals surface area (Å²) in [4.78, 5) is 17.1. The van der Waals surface area contributed by atoms with E-state index < -0.39 is 6.10 Å². The van der Waals surface area contributed by atoms with Crippen molar-refractivity contribution in [1.29, 1.82) is 0 Å². The van der Waals surface area contributed by atoms with Crippen LogP contribution in [0.5, 0.6) is 0 Å². The molecule has 2 aliphatic heterocycles. The van der Waals surface area contributed by atoms with Crippen LogP contribution in [0.15, 0.2) is 18.2 Å². The van der Waals surface area contributed by atoms with Crippen LogP contribution < -0.4 is 4.90 Å². The molecular weight excluding hydrogens is 324 g/mol. The number of aliphatic hydroxyl groups is 1. The number of hydrogen-bond acceptors (Lipinski definition) is 3. The van der Waals surface area contributed by atoms with Crippen LogP contribution in [0.3, 0.4) is 0 Å². The third-order valence-corrected chi connectivity index (χ3v) is 5.67. The molecule has 0 aliphatic carbocycles. The molecule has 3 rings (SSSR count). The average molecular weight is 359 g/mol. The summed E-state index contributed by atoms with van der Waals surface area (Å²) < 4.78 is 0. The number of hydrogen-bond donors (Lipinski definition) is 1. The van der Waals surface area contributed by atoms with Crippen molar-refractivity contribution in [2.75, 3.05) is 31.1 Å². The Kier molecular flexibility index (Phi) is 5.73. The maximum absolute atomic E-state index is 12.8. The molecule has 0 radical (unpaired) electrons. The summed E-state index contributed by atoms with van der Waals surface area (Å²) in [5, 5.41) is 10.7. The van der Waals surface area contributed by atoms with Crippen LogP contribution in [0.2, 0.25) is 0 Å². The van der Waals surface area contributed by atoms with Crippen LogP contribution in [-0.4, -0.2) is 42.1 Å². The van der Waals surface area contributed by atoms with Crippen molar-refractivity contribution in [1.82, 2.24) is 4.90 Å². The van der Waals surface area contributed by atoms with Gasteiger partial charge in [-0.2, -0.15) is 0 Å². The predicted octanol–water partition coefficient (Wildman–Crippen LogP) is 3.78. The lowest BCUT2D eigenvalue weighted by Crippen LogP contribution is -2.42. The van der Waals surface area contributed by atoms with E-state index in [1.165, 1.54) is 18.4 Å². The van der Waals surface area contributed by atoms with E-state index >= 15 is 0 Å². The molecule has 1 saturated heterocycles. The fraction of sp³-hybridized carbons (Fsp3) is 0.682. The van der Waals surface area contributed by atoms with Gasteiger partial charge in [0.1, 0.15) is 0 Å². The Morgan fingerprint density at radius 3 is 2.73 bits per heavy atom. The van der Waals surface area contributed by atoms with Crippen LogP contribution in [0.1, 0.15) is 64.2 Å². The van der Waals surface area contributed by atoms with Crippen LogP contribution in [-0.2, 0) is 11.2 Å². The predicted molar refractivity (Wildman–Crippen MR) is 106 cm³/mol. The summed E-state index contributed by atoms with van der Waals surface area (Å²) >= 11 is 0. The minimum Gasteiger partial charge on any atom is -0.387 e.